The summed E-state index contributed by atoms with van der Waals surface area (Å²) in [7, 11) is -3.62. The van der Waals surface area contributed by atoms with Crippen molar-refractivity contribution in [2.75, 3.05) is 5.75 Å². The van der Waals surface area contributed by atoms with Gasteiger partial charge in [-0.15, -0.1) is 0 Å². The number of fused-ring (bicyclic) bond motifs is 2. The van der Waals surface area contributed by atoms with Crippen molar-refractivity contribution >= 4 is 16.0 Å². The Morgan fingerprint density at radius 2 is 1.57 bits per heavy atom. The van der Waals surface area contributed by atoms with Crippen LogP contribution >= 0.6 is 0 Å². The Hall–Kier alpha value is -1.91. The Kier molecular flexibility index (Phi) is 9.18. The molecule has 4 fully saturated rings. The second-order valence-corrected chi connectivity index (χ2v) is 16.7. The largest absolute Gasteiger partial charge is 0.461 e. The van der Waals surface area contributed by atoms with Crippen LogP contribution in [0, 0.1) is 39.4 Å². The Labute approximate surface area is 254 Å². The summed E-state index contributed by atoms with van der Waals surface area (Å²) in [6.45, 7) is 8.21. The Morgan fingerprint density at radius 1 is 1.00 bits per heavy atom. The highest BCUT2D eigenvalue weighted by Gasteiger charge is 2.68. The lowest BCUT2D eigenvalue weighted by Crippen LogP contribution is -2.55. The minimum atomic E-state index is -3.62. The molecule has 232 valence electrons. The van der Waals surface area contributed by atoms with E-state index in [2.05, 4.69) is 19.9 Å². The molecule has 0 heterocycles. The van der Waals surface area contributed by atoms with Gasteiger partial charge in [0.05, 0.1) is 11.8 Å². The number of nitriles is 1. The third-order valence-electron chi connectivity index (χ3n) is 12.1. The Bertz CT molecular complexity index is 1230. The number of hydrogen-bond acceptors (Lipinski definition) is 5. The van der Waals surface area contributed by atoms with Crippen molar-refractivity contribution in [1.29, 1.82) is 5.26 Å². The highest BCUT2D eigenvalue weighted by atomic mass is 32.2. The lowest BCUT2D eigenvalue weighted by Gasteiger charge is -2.46. The van der Waals surface area contributed by atoms with Crippen LogP contribution in [0.1, 0.15) is 117 Å². The lowest BCUT2D eigenvalue weighted by atomic mass is 9.69. The van der Waals surface area contributed by atoms with Gasteiger partial charge in [0.25, 0.3) is 0 Å². The molecule has 0 radical (unpaired) electrons. The molecule has 1 aromatic rings. The third kappa shape index (κ3) is 5.56. The zero-order chi connectivity index (χ0) is 30.2. The first kappa shape index (κ1) is 31.5. The maximum absolute atomic E-state index is 14.7. The Morgan fingerprint density at radius 3 is 2.07 bits per heavy atom. The van der Waals surface area contributed by atoms with E-state index >= 15 is 0 Å². The molecular formula is C35H52N2O4S. The monoisotopic (exact) mass is 596 g/mol. The van der Waals surface area contributed by atoms with Crippen LogP contribution < -0.4 is 0 Å². The standard InChI is InChI=1S/C35H52N2O4S/c1-26(2)34(24-36,23-27-14-8-5-9-15-27)32(38)41-31-22-28-20-21-35(31,33(28,3)4)25-42(39,40)37(29-16-10-6-11-17-29)30-18-12-7-13-19-30/h5,8-9,14-15,26,28-31H,6-7,10-13,16-23,25H2,1-4H3/t28-,31-,34+,35-/m1/s1. The van der Waals surface area contributed by atoms with Gasteiger partial charge >= 0.3 is 5.97 Å². The van der Waals surface area contributed by atoms with Gasteiger partial charge in [0.1, 0.15) is 6.10 Å². The summed E-state index contributed by atoms with van der Waals surface area (Å²) < 4.78 is 37.9. The normalized spacial score (nSPS) is 29.8. The van der Waals surface area contributed by atoms with Crippen LogP contribution in [0.2, 0.25) is 0 Å². The SMILES string of the molecule is CC(C)[C@@](C#N)(Cc1ccccc1)C(=O)O[C@@H]1C[C@H]2CC[C@]1(CS(=O)(=O)N(C1CCCCC1)C1CCCCC1)C2(C)C. The van der Waals surface area contributed by atoms with Gasteiger partial charge in [0.2, 0.25) is 10.0 Å². The molecule has 4 atom stereocenters. The lowest BCUT2D eigenvalue weighted by molar-refractivity contribution is -0.168. The maximum Gasteiger partial charge on any atom is 0.327 e. The molecule has 4 aliphatic carbocycles. The number of benzene rings is 1. The first-order valence-electron chi connectivity index (χ1n) is 16.6. The Balaban J connectivity index is 1.45. The number of carbonyl (C=O) groups is 1. The van der Waals surface area contributed by atoms with E-state index in [0.29, 0.717) is 12.3 Å². The number of esters is 1. The minimum Gasteiger partial charge on any atom is -0.461 e. The van der Waals surface area contributed by atoms with Gasteiger partial charge in [-0.25, -0.2) is 8.42 Å². The van der Waals surface area contributed by atoms with Crippen molar-refractivity contribution in [2.45, 2.75) is 136 Å². The van der Waals surface area contributed by atoms with Crippen molar-refractivity contribution in [3.63, 3.8) is 0 Å². The summed E-state index contributed by atoms with van der Waals surface area (Å²) in [5, 5.41) is 10.4. The van der Waals surface area contributed by atoms with E-state index in [1.807, 2.05) is 48.5 Å². The van der Waals surface area contributed by atoms with E-state index in [4.69, 9.17) is 4.74 Å². The number of nitrogens with zero attached hydrogens (tertiary/aromatic N) is 2. The summed E-state index contributed by atoms with van der Waals surface area (Å²) in [6, 6.07) is 12.2. The van der Waals surface area contributed by atoms with Crippen LogP contribution in [0.3, 0.4) is 0 Å². The molecule has 7 heteroatoms. The third-order valence-corrected chi connectivity index (χ3v) is 14.2. The molecule has 0 aliphatic heterocycles. The predicted molar refractivity (Wildman–Crippen MR) is 166 cm³/mol. The number of carbonyl (C=O) groups excluding carboxylic acids is 1. The fraction of sp³-hybridized carbons (Fsp3) is 0.771. The predicted octanol–water partition coefficient (Wildman–Crippen LogP) is 7.43. The summed E-state index contributed by atoms with van der Waals surface area (Å²) in [5.74, 6) is -0.415. The van der Waals surface area contributed by atoms with Crippen LogP contribution in [0.25, 0.3) is 0 Å². The van der Waals surface area contributed by atoms with Crippen molar-refractivity contribution in [3.05, 3.63) is 35.9 Å². The van der Waals surface area contributed by atoms with Gasteiger partial charge in [-0.3, -0.25) is 4.79 Å². The van der Waals surface area contributed by atoms with Gasteiger partial charge in [-0.05, 0) is 67.8 Å². The highest BCUT2D eigenvalue weighted by molar-refractivity contribution is 7.89. The number of rotatable bonds is 10. The average molecular weight is 597 g/mol. The highest BCUT2D eigenvalue weighted by Crippen LogP contribution is 2.67. The minimum absolute atomic E-state index is 0.0361. The molecule has 1 aromatic carbocycles. The van der Waals surface area contributed by atoms with Gasteiger partial charge in [0, 0.05) is 23.9 Å². The molecule has 42 heavy (non-hydrogen) atoms. The van der Waals surface area contributed by atoms with Crippen molar-refractivity contribution in [2.24, 2.45) is 28.1 Å². The molecule has 2 bridgehead atoms. The molecule has 0 spiro atoms. The molecule has 0 unspecified atom stereocenters. The van der Waals surface area contributed by atoms with E-state index in [9.17, 15) is 18.5 Å². The maximum atomic E-state index is 14.7. The van der Waals surface area contributed by atoms with Gasteiger partial charge in [0.15, 0.2) is 5.41 Å². The molecule has 0 saturated heterocycles. The molecule has 4 aliphatic rings. The van der Waals surface area contributed by atoms with Gasteiger partial charge < -0.3 is 4.74 Å². The molecule has 0 N–H and O–H groups in total. The number of ether oxygens (including phenoxy) is 1. The molecule has 4 saturated carbocycles. The first-order valence-corrected chi connectivity index (χ1v) is 18.3. The fourth-order valence-electron chi connectivity index (χ4n) is 9.21. The van der Waals surface area contributed by atoms with E-state index < -0.39 is 32.9 Å². The zero-order valence-corrected chi connectivity index (χ0v) is 27.1. The second-order valence-electron chi connectivity index (χ2n) is 14.8. The molecule has 6 nitrogen and oxygen atoms in total. The average Bonchev–Trinajstić information content (AvgIpc) is 3.32. The van der Waals surface area contributed by atoms with Crippen LogP contribution in [0.4, 0.5) is 0 Å². The van der Waals surface area contributed by atoms with Crippen LogP contribution in [-0.4, -0.2) is 42.6 Å². The van der Waals surface area contributed by atoms with Crippen LogP contribution in [0.15, 0.2) is 30.3 Å². The number of sulfonamides is 1. The van der Waals surface area contributed by atoms with Crippen molar-refractivity contribution < 1.29 is 17.9 Å². The first-order chi connectivity index (χ1) is 20.0. The zero-order valence-electron chi connectivity index (χ0n) is 26.3. The topological polar surface area (TPSA) is 87.5 Å². The molecule has 5 rings (SSSR count). The van der Waals surface area contributed by atoms with E-state index in [1.54, 1.807) is 0 Å². The van der Waals surface area contributed by atoms with Crippen LogP contribution in [-0.2, 0) is 26.0 Å². The summed E-state index contributed by atoms with van der Waals surface area (Å²) in [6.07, 6.45) is 12.7. The molecule has 0 aromatic heterocycles. The van der Waals surface area contributed by atoms with E-state index in [0.717, 1.165) is 69.8 Å². The summed E-state index contributed by atoms with van der Waals surface area (Å²) in [5.41, 5.74) is -1.34. The van der Waals surface area contributed by atoms with Gasteiger partial charge in [-0.1, -0.05) is 96.6 Å². The quantitative estimate of drug-likeness (QED) is 0.262. The second kappa shape index (κ2) is 12.2. The van der Waals surface area contributed by atoms with Crippen molar-refractivity contribution in [1.82, 2.24) is 4.31 Å². The fourth-order valence-corrected chi connectivity index (χ4v) is 12.0. The van der Waals surface area contributed by atoms with Crippen molar-refractivity contribution in [3.8, 4) is 6.07 Å². The molecule has 0 amide bonds. The van der Waals surface area contributed by atoms with E-state index in [1.165, 1.54) is 12.8 Å². The van der Waals surface area contributed by atoms with Crippen LogP contribution in [0.5, 0.6) is 0 Å². The smallest absolute Gasteiger partial charge is 0.327 e. The number of hydrogen-bond donors (Lipinski definition) is 0. The summed E-state index contributed by atoms with van der Waals surface area (Å²) >= 11 is 0. The summed E-state index contributed by atoms with van der Waals surface area (Å²) in [4.78, 5) is 14.1. The van der Waals surface area contributed by atoms with E-state index in [-0.39, 0.29) is 35.6 Å². The molecular weight excluding hydrogens is 544 g/mol. The van der Waals surface area contributed by atoms with Gasteiger partial charge in [-0.2, -0.15) is 9.57 Å².